The van der Waals surface area contributed by atoms with Gasteiger partial charge in [-0.2, -0.15) is 0 Å². The van der Waals surface area contributed by atoms with Gasteiger partial charge in [-0.15, -0.1) is 11.3 Å². The van der Waals surface area contributed by atoms with Crippen molar-refractivity contribution in [2.24, 2.45) is 5.92 Å². The highest BCUT2D eigenvalue weighted by Gasteiger charge is 2.19. The Morgan fingerprint density at radius 1 is 1.10 bits per heavy atom. The van der Waals surface area contributed by atoms with Crippen LogP contribution in [0.5, 0.6) is 23.0 Å². The molecule has 11 heteroatoms. The SMILES string of the molecule is COc1cc2c(Oc3ccc(NS(=O)(=O)c4ccc(C)s4)cc3F)ccnc2cc1OCCCN1CCCC(C)C1. The first-order valence-electron chi connectivity index (χ1n) is 13.6. The molecule has 0 spiro atoms. The highest BCUT2D eigenvalue weighted by Crippen LogP contribution is 2.38. The Kier molecular flexibility index (Phi) is 8.96. The molecule has 3 heterocycles. The highest BCUT2D eigenvalue weighted by atomic mass is 32.2. The molecule has 1 unspecified atom stereocenters. The second-order valence-electron chi connectivity index (χ2n) is 10.3. The van der Waals surface area contributed by atoms with Gasteiger partial charge in [-0.25, -0.2) is 12.8 Å². The maximum Gasteiger partial charge on any atom is 0.271 e. The molecule has 1 aliphatic rings. The van der Waals surface area contributed by atoms with E-state index in [1.54, 1.807) is 37.6 Å². The van der Waals surface area contributed by atoms with Gasteiger partial charge in [0.1, 0.15) is 9.96 Å². The van der Waals surface area contributed by atoms with Gasteiger partial charge in [-0.3, -0.25) is 9.71 Å². The number of ether oxygens (including phenoxy) is 3. The number of sulfonamides is 1. The number of benzene rings is 2. The number of methoxy groups -OCH3 is 1. The second-order valence-corrected chi connectivity index (χ2v) is 13.5. The Morgan fingerprint density at radius 3 is 2.68 bits per heavy atom. The minimum absolute atomic E-state index is 0.0567. The van der Waals surface area contributed by atoms with Gasteiger partial charge >= 0.3 is 0 Å². The summed E-state index contributed by atoms with van der Waals surface area (Å²) in [6, 6.07) is 12.4. The molecule has 4 aromatic rings. The molecular formula is C30H34FN3O5S2. The molecule has 2 aromatic heterocycles. The topological polar surface area (TPSA) is 90.0 Å². The van der Waals surface area contributed by atoms with Crippen LogP contribution in [0.1, 0.15) is 31.1 Å². The van der Waals surface area contributed by atoms with Gasteiger partial charge in [0.15, 0.2) is 23.1 Å². The summed E-state index contributed by atoms with van der Waals surface area (Å²) in [5, 5.41) is 0.622. The molecule has 0 bridgehead atoms. The number of halogens is 1. The maximum atomic E-state index is 15.0. The first kappa shape index (κ1) is 29.1. The summed E-state index contributed by atoms with van der Waals surface area (Å²) in [5.74, 6) is 1.45. The minimum atomic E-state index is -3.81. The number of rotatable bonds is 11. The van der Waals surface area contributed by atoms with E-state index in [1.165, 1.54) is 31.0 Å². The van der Waals surface area contributed by atoms with Gasteiger partial charge in [-0.1, -0.05) is 6.92 Å². The van der Waals surface area contributed by atoms with Crippen LogP contribution < -0.4 is 18.9 Å². The minimum Gasteiger partial charge on any atom is -0.493 e. The Balaban J connectivity index is 1.28. The van der Waals surface area contributed by atoms with Crippen LogP contribution in [0.4, 0.5) is 10.1 Å². The van der Waals surface area contributed by atoms with Crippen LogP contribution in [0, 0.1) is 18.7 Å². The first-order chi connectivity index (χ1) is 19.7. The van der Waals surface area contributed by atoms with E-state index in [4.69, 9.17) is 14.2 Å². The number of aromatic nitrogens is 1. The summed E-state index contributed by atoms with van der Waals surface area (Å²) < 4.78 is 60.4. The zero-order chi connectivity index (χ0) is 29.0. The van der Waals surface area contributed by atoms with Gasteiger partial charge in [0.2, 0.25) is 0 Å². The Morgan fingerprint density at radius 2 is 1.95 bits per heavy atom. The van der Waals surface area contributed by atoms with Crippen molar-refractivity contribution in [1.29, 1.82) is 0 Å². The molecule has 2 aromatic carbocycles. The number of nitrogens with one attached hydrogen (secondary N) is 1. The number of anilines is 1. The van der Waals surface area contributed by atoms with Crippen molar-refractivity contribution in [3.63, 3.8) is 0 Å². The fourth-order valence-corrected chi connectivity index (χ4v) is 7.31. The molecule has 5 rings (SSSR count). The summed E-state index contributed by atoms with van der Waals surface area (Å²) in [6.07, 6.45) is 5.03. The van der Waals surface area contributed by atoms with Crippen molar-refractivity contribution >= 4 is 38.0 Å². The summed E-state index contributed by atoms with van der Waals surface area (Å²) in [4.78, 5) is 7.80. The molecule has 1 saturated heterocycles. The lowest BCUT2D eigenvalue weighted by atomic mass is 10.0. The van der Waals surface area contributed by atoms with Crippen molar-refractivity contribution in [3.8, 4) is 23.0 Å². The predicted octanol–water partition coefficient (Wildman–Crippen LogP) is 6.85. The van der Waals surface area contributed by atoms with Gasteiger partial charge in [-0.05, 0) is 75.0 Å². The average Bonchev–Trinajstić information content (AvgIpc) is 3.39. The number of aryl methyl sites for hydroxylation is 1. The molecule has 0 aliphatic carbocycles. The van der Waals surface area contributed by atoms with E-state index in [1.807, 2.05) is 6.92 Å². The summed E-state index contributed by atoms with van der Waals surface area (Å²) in [5.41, 5.74) is 0.706. The molecule has 0 radical (unpaired) electrons. The highest BCUT2D eigenvalue weighted by molar-refractivity contribution is 7.94. The van der Waals surface area contributed by atoms with Crippen molar-refractivity contribution in [3.05, 3.63) is 65.4 Å². The van der Waals surface area contributed by atoms with Crippen LogP contribution in [0.2, 0.25) is 0 Å². The molecule has 1 aliphatic heterocycles. The van der Waals surface area contributed by atoms with Crippen LogP contribution in [-0.2, 0) is 10.0 Å². The monoisotopic (exact) mass is 599 g/mol. The lowest BCUT2D eigenvalue weighted by Crippen LogP contribution is -2.35. The first-order valence-corrected chi connectivity index (χ1v) is 15.9. The molecule has 41 heavy (non-hydrogen) atoms. The number of thiophene rings is 1. The average molecular weight is 600 g/mol. The van der Waals surface area contributed by atoms with Crippen molar-refractivity contribution in [2.75, 3.05) is 38.1 Å². The zero-order valence-electron chi connectivity index (χ0n) is 23.4. The van der Waals surface area contributed by atoms with E-state index in [0.29, 0.717) is 34.8 Å². The van der Waals surface area contributed by atoms with E-state index in [-0.39, 0.29) is 15.6 Å². The molecule has 1 N–H and O–H groups in total. The molecular weight excluding hydrogens is 565 g/mol. The fourth-order valence-electron chi connectivity index (χ4n) is 4.98. The standard InChI is InChI=1S/C30H34FN3O5S2/c1-20-6-4-13-34(19-20)14-5-15-38-29-18-25-23(17-28(29)37-3)26(11-12-32-25)39-27-9-8-22(16-24(27)31)33-41(35,36)30-10-7-21(2)40-30/h7-12,16-18,20,33H,4-6,13-15,19H2,1-3H3. The van der Waals surface area contributed by atoms with Crippen molar-refractivity contribution < 1.29 is 27.0 Å². The fraction of sp³-hybridized carbons (Fsp3) is 0.367. The van der Waals surface area contributed by atoms with Crippen LogP contribution in [-0.4, -0.2) is 51.7 Å². The Bertz CT molecular complexity index is 1630. The lowest BCUT2D eigenvalue weighted by Gasteiger charge is -2.30. The van der Waals surface area contributed by atoms with E-state index < -0.39 is 15.8 Å². The summed E-state index contributed by atoms with van der Waals surface area (Å²) >= 11 is 1.14. The maximum absolute atomic E-state index is 15.0. The van der Waals surface area contributed by atoms with Crippen LogP contribution in [0.25, 0.3) is 10.9 Å². The molecule has 1 fully saturated rings. The molecule has 0 amide bonds. The third-order valence-electron chi connectivity index (χ3n) is 6.99. The third-order valence-corrected chi connectivity index (χ3v) is 9.86. The van der Waals surface area contributed by atoms with E-state index in [9.17, 15) is 8.42 Å². The normalized spacial score (nSPS) is 16.0. The van der Waals surface area contributed by atoms with Crippen molar-refractivity contribution in [1.82, 2.24) is 9.88 Å². The zero-order valence-corrected chi connectivity index (χ0v) is 25.0. The smallest absolute Gasteiger partial charge is 0.271 e. The summed E-state index contributed by atoms with van der Waals surface area (Å²) in [6.45, 7) is 7.95. The number of hydrogen-bond acceptors (Lipinski definition) is 8. The van der Waals surface area contributed by atoms with Crippen LogP contribution in [0.3, 0.4) is 0 Å². The number of nitrogens with zero attached hydrogens (tertiary/aromatic N) is 2. The van der Waals surface area contributed by atoms with Gasteiger partial charge < -0.3 is 19.1 Å². The quantitative estimate of drug-likeness (QED) is 0.189. The molecule has 0 saturated carbocycles. The Labute approximate surface area is 244 Å². The largest absolute Gasteiger partial charge is 0.493 e. The summed E-state index contributed by atoms with van der Waals surface area (Å²) in [7, 11) is -2.25. The Hall–Kier alpha value is -3.41. The lowest BCUT2D eigenvalue weighted by molar-refractivity contribution is 0.169. The molecule has 218 valence electrons. The predicted molar refractivity (Wildman–Crippen MR) is 160 cm³/mol. The number of fused-ring (bicyclic) bond motifs is 1. The third kappa shape index (κ3) is 7.09. The van der Waals surface area contributed by atoms with Gasteiger partial charge in [0.25, 0.3) is 10.0 Å². The van der Waals surface area contributed by atoms with E-state index in [2.05, 4.69) is 21.5 Å². The van der Waals surface area contributed by atoms with E-state index in [0.717, 1.165) is 54.3 Å². The van der Waals surface area contributed by atoms with Crippen molar-refractivity contribution in [2.45, 2.75) is 37.3 Å². The molecule has 8 nitrogen and oxygen atoms in total. The molecule has 1 atom stereocenters. The van der Waals surface area contributed by atoms with Crippen LogP contribution >= 0.6 is 11.3 Å². The number of likely N-dealkylation sites (tertiary alicyclic amines) is 1. The van der Waals surface area contributed by atoms with Crippen LogP contribution in [0.15, 0.2) is 58.9 Å². The number of hydrogen-bond donors (Lipinski definition) is 1. The number of piperidine rings is 1. The second kappa shape index (κ2) is 12.6. The van der Waals surface area contributed by atoms with Gasteiger partial charge in [0.05, 0.1) is 24.9 Å². The van der Waals surface area contributed by atoms with Gasteiger partial charge in [0, 0.05) is 41.7 Å². The number of pyridine rings is 1. The van der Waals surface area contributed by atoms with E-state index >= 15 is 4.39 Å².